The van der Waals surface area contributed by atoms with Crippen molar-refractivity contribution in [3.8, 4) is 0 Å². The molecule has 4 heterocycles. The van der Waals surface area contributed by atoms with Crippen molar-refractivity contribution in [3.05, 3.63) is 33.3 Å². The van der Waals surface area contributed by atoms with Crippen LogP contribution in [0.25, 0.3) is 11.0 Å². The first kappa shape index (κ1) is 16.7. The Labute approximate surface area is 153 Å². The summed E-state index contributed by atoms with van der Waals surface area (Å²) in [7, 11) is 1.85. The van der Waals surface area contributed by atoms with Gasteiger partial charge in [-0.1, -0.05) is 11.3 Å². The Balaban J connectivity index is 1.45. The van der Waals surface area contributed by atoms with Gasteiger partial charge < -0.3 is 9.80 Å². The van der Waals surface area contributed by atoms with Crippen LogP contribution in [-0.4, -0.2) is 61.3 Å². The highest BCUT2D eigenvalue weighted by atomic mass is 32.1. The molecular weight excluding hydrogens is 354 g/mol. The Morgan fingerprint density at radius 2 is 2.00 bits per heavy atom. The van der Waals surface area contributed by atoms with Crippen LogP contribution >= 0.6 is 11.3 Å². The lowest BCUT2D eigenvalue weighted by molar-refractivity contribution is -0.132. The van der Waals surface area contributed by atoms with Gasteiger partial charge in [-0.05, 0) is 6.92 Å². The summed E-state index contributed by atoms with van der Waals surface area (Å²) in [5.74, 6) is 0.822. The molecule has 0 unspecified atom stereocenters. The zero-order valence-corrected chi connectivity index (χ0v) is 15.4. The van der Waals surface area contributed by atoms with Crippen molar-refractivity contribution >= 4 is 34.1 Å². The maximum absolute atomic E-state index is 12.5. The first-order chi connectivity index (χ1) is 12.5. The monoisotopic (exact) mass is 373 g/mol. The number of carbonyl (C=O) groups is 1. The minimum atomic E-state index is -0.0885. The lowest BCUT2D eigenvalue weighted by Crippen LogP contribution is -2.50. The molecule has 136 valence electrons. The molecule has 4 rings (SSSR count). The number of fused-ring (bicyclic) bond motifs is 1. The van der Waals surface area contributed by atoms with E-state index in [4.69, 9.17) is 0 Å². The van der Waals surface area contributed by atoms with Crippen molar-refractivity contribution in [2.75, 3.05) is 31.1 Å². The molecular formula is C16H19N7O2S. The molecule has 0 atom stereocenters. The third-order valence-corrected chi connectivity index (χ3v) is 5.59. The molecule has 3 aromatic rings. The van der Waals surface area contributed by atoms with Gasteiger partial charge in [-0.3, -0.25) is 18.8 Å². The van der Waals surface area contributed by atoms with Crippen molar-refractivity contribution < 1.29 is 4.79 Å². The van der Waals surface area contributed by atoms with Gasteiger partial charge >= 0.3 is 4.87 Å². The fourth-order valence-electron chi connectivity index (χ4n) is 3.20. The maximum Gasteiger partial charge on any atom is 0.307 e. The number of carbonyl (C=O) groups excluding carboxylic acids is 1. The molecule has 0 spiro atoms. The average molecular weight is 373 g/mol. The van der Waals surface area contributed by atoms with Gasteiger partial charge in [-0.15, -0.1) is 0 Å². The average Bonchev–Trinajstić information content (AvgIpc) is 3.19. The Kier molecular flexibility index (Phi) is 4.19. The standard InChI is InChI=1S/C16H19N7O2S/c1-11-9-26-16(25)23(11)8-13(24)21-3-5-22(6-4-21)15-12-7-19-20(2)14(12)17-10-18-15/h7,9-10H,3-6,8H2,1-2H3. The summed E-state index contributed by atoms with van der Waals surface area (Å²) >= 11 is 1.13. The Morgan fingerprint density at radius 3 is 2.69 bits per heavy atom. The summed E-state index contributed by atoms with van der Waals surface area (Å²) in [6.45, 7) is 4.52. The van der Waals surface area contributed by atoms with Crippen LogP contribution in [0.5, 0.6) is 0 Å². The third-order valence-electron chi connectivity index (χ3n) is 4.71. The Hall–Kier alpha value is -2.75. The van der Waals surface area contributed by atoms with Crippen molar-refractivity contribution in [2.24, 2.45) is 7.05 Å². The second-order valence-corrected chi connectivity index (χ2v) is 7.12. The van der Waals surface area contributed by atoms with Crippen LogP contribution in [0.1, 0.15) is 5.69 Å². The molecule has 1 saturated heterocycles. The van der Waals surface area contributed by atoms with E-state index in [1.165, 1.54) is 4.57 Å². The van der Waals surface area contributed by atoms with Gasteiger partial charge in [0, 0.05) is 44.3 Å². The van der Waals surface area contributed by atoms with Crippen molar-refractivity contribution in [3.63, 3.8) is 0 Å². The summed E-state index contributed by atoms with van der Waals surface area (Å²) in [6, 6.07) is 0. The SMILES string of the molecule is Cc1csc(=O)n1CC(=O)N1CCN(c2ncnc3c2cnn3C)CC1. The van der Waals surface area contributed by atoms with Gasteiger partial charge in [-0.25, -0.2) is 9.97 Å². The van der Waals surface area contributed by atoms with E-state index < -0.39 is 0 Å². The van der Waals surface area contributed by atoms with E-state index in [9.17, 15) is 9.59 Å². The maximum atomic E-state index is 12.5. The number of anilines is 1. The number of thiazole rings is 1. The summed E-state index contributed by atoms with van der Waals surface area (Å²) < 4.78 is 3.25. The van der Waals surface area contributed by atoms with Crippen LogP contribution in [0.2, 0.25) is 0 Å². The number of amides is 1. The van der Waals surface area contributed by atoms with Gasteiger partial charge in [0.15, 0.2) is 5.65 Å². The molecule has 26 heavy (non-hydrogen) atoms. The van der Waals surface area contributed by atoms with E-state index in [2.05, 4.69) is 20.0 Å². The van der Waals surface area contributed by atoms with E-state index in [0.29, 0.717) is 26.2 Å². The second kappa shape index (κ2) is 6.52. The molecule has 0 aliphatic carbocycles. The molecule has 1 fully saturated rings. The minimum absolute atomic E-state index is 0.0255. The lowest BCUT2D eigenvalue weighted by atomic mass is 10.2. The molecule has 10 heteroatoms. The fraction of sp³-hybridized carbons (Fsp3) is 0.438. The molecule has 1 aliphatic rings. The smallest absolute Gasteiger partial charge is 0.307 e. The summed E-state index contributed by atoms with van der Waals surface area (Å²) in [6.07, 6.45) is 3.32. The lowest BCUT2D eigenvalue weighted by Gasteiger charge is -2.35. The predicted molar refractivity (Wildman–Crippen MR) is 98.4 cm³/mol. The second-order valence-electron chi connectivity index (χ2n) is 6.30. The van der Waals surface area contributed by atoms with Crippen molar-refractivity contribution in [1.29, 1.82) is 0 Å². The van der Waals surface area contributed by atoms with E-state index in [-0.39, 0.29) is 17.3 Å². The van der Waals surface area contributed by atoms with E-state index in [1.807, 2.05) is 18.9 Å². The van der Waals surface area contributed by atoms with Crippen LogP contribution in [0.3, 0.4) is 0 Å². The van der Waals surface area contributed by atoms with Gasteiger partial charge in [0.2, 0.25) is 5.91 Å². The Bertz CT molecular complexity index is 1010. The molecule has 0 radical (unpaired) electrons. The summed E-state index contributed by atoms with van der Waals surface area (Å²) in [5.41, 5.74) is 1.62. The van der Waals surface area contributed by atoms with Crippen LogP contribution < -0.4 is 9.77 Å². The van der Waals surface area contributed by atoms with Crippen LogP contribution in [0.15, 0.2) is 22.7 Å². The zero-order valence-electron chi connectivity index (χ0n) is 14.6. The number of rotatable bonds is 3. The molecule has 1 aliphatic heterocycles. The van der Waals surface area contributed by atoms with Gasteiger partial charge in [0.25, 0.3) is 0 Å². The van der Waals surface area contributed by atoms with Crippen LogP contribution in [-0.2, 0) is 18.4 Å². The van der Waals surface area contributed by atoms with E-state index >= 15 is 0 Å². The number of aryl methyl sites for hydroxylation is 2. The highest BCUT2D eigenvalue weighted by molar-refractivity contribution is 7.07. The zero-order chi connectivity index (χ0) is 18.3. The molecule has 0 aromatic carbocycles. The number of hydrogen-bond acceptors (Lipinski definition) is 7. The van der Waals surface area contributed by atoms with Gasteiger partial charge in [0.05, 0.1) is 11.6 Å². The topological polar surface area (TPSA) is 89.2 Å². The summed E-state index contributed by atoms with van der Waals surface area (Å²) in [5, 5.41) is 6.94. The van der Waals surface area contributed by atoms with Gasteiger partial charge in [-0.2, -0.15) is 5.10 Å². The fourth-order valence-corrected chi connectivity index (χ4v) is 3.94. The molecule has 0 N–H and O–H groups in total. The van der Waals surface area contributed by atoms with Crippen molar-refractivity contribution in [2.45, 2.75) is 13.5 Å². The molecule has 0 bridgehead atoms. The number of piperazine rings is 1. The third kappa shape index (κ3) is 2.85. The summed E-state index contributed by atoms with van der Waals surface area (Å²) in [4.78, 5) is 36.9. The largest absolute Gasteiger partial charge is 0.352 e. The number of aromatic nitrogens is 5. The van der Waals surface area contributed by atoms with Crippen LogP contribution in [0.4, 0.5) is 5.82 Å². The van der Waals surface area contributed by atoms with E-state index in [1.54, 1.807) is 22.6 Å². The molecule has 0 saturated carbocycles. The predicted octanol–water partition coefficient (Wildman–Crippen LogP) is 0.244. The highest BCUT2D eigenvalue weighted by Crippen LogP contribution is 2.23. The van der Waals surface area contributed by atoms with Crippen molar-refractivity contribution in [1.82, 2.24) is 29.2 Å². The Morgan fingerprint density at radius 1 is 1.23 bits per heavy atom. The number of nitrogens with zero attached hydrogens (tertiary/aromatic N) is 7. The first-order valence-corrected chi connectivity index (χ1v) is 9.23. The quantitative estimate of drug-likeness (QED) is 0.654. The highest BCUT2D eigenvalue weighted by Gasteiger charge is 2.24. The molecule has 1 amide bonds. The molecule has 3 aromatic heterocycles. The minimum Gasteiger partial charge on any atom is -0.352 e. The molecule has 9 nitrogen and oxygen atoms in total. The van der Waals surface area contributed by atoms with Gasteiger partial charge in [0.1, 0.15) is 18.7 Å². The first-order valence-electron chi connectivity index (χ1n) is 8.35. The van der Waals surface area contributed by atoms with Crippen LogP contribution in [0, 0.1) is 6.92 Å². The van der Waals surface area contributed by atoms with E-state index in [0.717, 1.165) is 33.9 Å². The number of hydrogen-bond donors (Lipinski definition) is 0. The normalized spacial score (nSPS) is 15.0.